The predicted molar refractivity (Wildman–Crippen MR) is 91.2 cm³/mol. The SMILES string of the molecule is CCC(Nc1ccc2c(c1)CCN2C(C)=O)c1ccc(F)cc1F. The minimum absolute atomic E-state index is 0.0364. The Kier molecular flexibility index (Phi) is 4.51. The molecule has 0 aromatic heterocycles. The van der Waals surface area contributed by atoms with E-state index >= 15 is 0 Å². The first-order valence-electron chi connectivity index (χ1n) is 8.12. The molecule has 1 unspecified atom stereocenters. The molecule has 1 amide bonds. The van der Waals surface area contributed by atoms with Gasteiger partial charge in [0.1, 0.15) is 11.6 Å². The first-order valence-corrected chi connectivity index (χ1v) is 8.12. The normalized spacial score (nSPS) is 14.4. The molecule has 0 fully saturated rings. The molecule has 1 atom stereocenters. The van der Waals surface area contributed by atoms with Crippen LogP contribution in [-0.4, -0.2) is 12.5 Å². The molecule has 0 aliphatic carbocycles. The quantitative estimate of drug-likeness (QED) is 0.899. The van der Waals surface area contributed by atoms with E-state index in [0.717, 1.165) is 29.4 Å². The van der Waals surface area contributed by atoms with Gasteiger partial charge in [-0.2, -0.15) is 0 Å². The van der Waals surface area contributed by atoms with E-state index < -0.39 is 11.6 Å². The van der Waals surface area contributed by atoms with Crippen molar-refractivity contribution in [3.63, 3.8) is 0 Å². The summed E-state index contributed by atoms with van der Waals surface area (Å²) >= 11 is 0. The molecule has 5 heteroatoms. The number of amides is 1. The Morgan fingerprint density at radius 3 is 2.71 bits per heavy atom. The second kappa shape index (κ2) is 6.59. The molecule has 1 N–H and O–H groups in total. The number of halogens is 2. The Balaban J connectivity index is 1.84. The van der Waals surface area contributed by atoms with Gasteiger partial charge < -0.3 is 10.2 Å². The molecule has 3 rings (SSSR count). The lowest BCUT2D eigenvalue weighted by Gasteiger charge is -2.20. The van der Waals surface area contributed by atoms with Gasteiger partial charge >= 0.3 is 0 Å². The van der Waals surface area contributed by atoms with E-state index in [4.69, 9.17) is 0 Å². The maximum atomic E-state index is 14.0. The monoisotopic (exact) mass is 330 g/mol. The van der Waals surface area contributed by atoms with E-state index in [1.54, 1.807) is 11.8 Å². The van der Waals surface area contributed by atoms with E-state index in [0.29, 0.717) is 18.5 Å². The highest BCUT2D eigenvalue weighted by Crippen LogP contribution is 2.32. The van der Waals surface area contributed by atoms with Crippen LogP contribution in [0, 0.1) is 11.6 Å². The fourth-order valence-corrected chi connectivity index (χ4v) is 3.20. The number of fused-ring (bicyclic) bond motifs is 1. The lowest BCUT2D eigenvalue weighted by molar-refractivity contribution is -0.116. The molecule has 0 bridgehead atoms. The average Bonchev–Trinajstić information content (AvgIpc) is 2.96. The summed E-state index contributed by atoms with van der Waals surface area (Å²) in [5.74, 6) is -1.08. The third-order valence-corrected chi connectivity index (χ3v) is 4.44. The first kappa shape index (κ1) is 16.4. The minimum atomic E-state index is -0.576. The summed E-state index contributed by atoms with van der Waals surface area (Å²) in [4.78, 5) is 13.4. The largest absolute Gasteiger partial charge is 0.378 e. The van der Waals surface area contributed by atoms with E-state index in [1.165, 1.54) is 12.1 Å². The molecule has 0 spiro atoms. The van der Waals surface area contributed by atoms with Crippen molar-refractivity contribution in [3.05, 3.63) is 59.2 Å². The second-order valence-corrected chi connectivity index (χ2v) is 6.04. The van der Waals surface area contributed by atoms with Crippen molar-refractivity contribution in [1.29, 1.82) is 0 Å². The summed E-state index contributed by atoms with van der Waals surface area (Å²) in [5, 5.41) is 3.31. The molecule has 24 heavy (non-hydrogen) atoms. The van der Waals surface area contributed by atoms with Gasteiger partial charge in [-0.1, -0.05) is 13.0 Å². The van der Waals surface area contributed by atoms with E-state index in [2.05, 4.69) is 5.32 Å². The lowest BCUT2D eigenvalue weighted by atomic mass is 10.0. The maximum absolute atomic E-state index is 14.0. The summed E-state index contributed by atoms with van der Waals surface area (Å²) in [6, 6.07) is 9.24. The van der Waals surface area contributed by atoms with E-state index in [-0.39, 0.29) is 11.9 Å². The van der Waals surface area contributed by atoms with Gasteiger partial charge in [-0.3, -0.25) is 4.79 Å². The van der Waals surface area contributed by atoms with Crippen LogP contribution in [0.4, 0.5) is 20.2 Å². The van der Waals surface area contributed by atoms with Crippen LogP contribution >= 0.6 is 0 Å². The highest BCUT2D eigenvalue weighted by atomic mass is 19.1. The van der Waals surface area contributed by atoms with Crippen LogP contribution < -0.4 is 10.2 Å². The van der Waals surface area contributed by atoms with Crippen molar-refractivity contribution in [2.45, 2.75) is 32.7 Å². The van der Waals surface area contributed by atoms with Crippen molar-refractivity contribution in [2.75, 3.05) is 16.8 Å². The number of hydrogen-bond donors (Lipinski definition) is 1. The fourth-order valence-electron chi connectivity index (χ4n) is 3.20. The van der Waals surface area contributed by atoms with Crippen molar-refractivity contribution in [1.82, 2.24) is 0 Å². The number of benzene rings is 2. The summed E-state index contributed by atoms with van der Waals surface area (Å²) in [6.45, 7) is 4.20. The Bertz CT molecular complexity index is 776. The van der Waals surface area contributed by atoms with E-state index in [1.807, 2.05) is 25.1 Å². The Morgan fingerprint density at radius 1 is 1.25 bits per heavy atom. The van der Waals surface area contributed by atoms with Crippen molar-refractivity contribution in [3.8, 4) is 0 Å². The minimum Gasteiger partial charge on any atom is -0.378 e. The van der Waals surface area contributed by atoms with Gasteiger partial charge in [0, 0.05) is 36.5 Å². The molecule has 3 nitrogen and oxygen atoms in total. The van der Waals surface area contributed by atoms with E-state index in [9.17, 15) is 13.6 Å². The lowest BCUT2D eigenvalue weighted by Crippen LogP contribution is -2.25. The van der Waals surface area contributed by atoms with Crippen LogP contribution in [0.2, 0.25) is 0 Å². The van der Waals surface area contributed by atoms with Gasteiger partial charge in [0.25, 0.3) is 0 Å². The van der Waals surface area contributed by atoms with Crippen LogP contribution in [0.1, 0.15) is 37.4 Å². The molecule has 0 saturated carbocycles. The molecule has 0 saturated heterocycles. The number of nitrogens with one attached hydrogen (secondary N) is 1. The zero-order valence-corrected chi connectivity index (χ0v) is 13.8. The predicted octanol–water partition coefficient (Wildman–Crippen LogP) is 4.44. The summed E-state index contributed by atoms with van der Waals surface area (Å²) in [6.07, 6.45) is 1.48. The number of carbonyl (C=O) groups excluding carboxylic acids is 1. The molecule has 1 aliphatic heterocycles. The van der Waals surface area contributed by atoms with Gasteiger partial charge in [0.2, 0.25) is 5.91 Å². The molecular formula is C19H20F2N2O. The number of rotatable bonds is 4. The Morgan fingerprint density at radius 2 is 2.04 bits per heavy atom. The van der Waals surface area contributed by atoms with Crippen LogP contribution in [0.3, 0.4) is 0 Å². The molecule has 2 aromatic carbocycles. The number of hydrogen-bond acceptors (Lipinski definition) is 2. The third kappa shape index (κ3) is 3.11. The number of carbonyl (C=O) groups is 1. The molecule has 126 valence electrons. The molecule has 1 aliphatic rings. The topological polar surface area (TPSA) is 32.3 Å². The fraction of sp³-hybridized carbons (Fsp3) is 0.316. The third-order valence-electron chi connectivity index (χ3n) is 4.44. The van der Waals surface area contributed by atoms with Gasteiger partial charge in [-0.05, 0) is 42.7 Å². The standard InChI is InChI=1S/C19H20F2N2O/c1-3-18(16-6-4-14(20)11-17(16)21)22-15-5-7-19-13(10-15)8-9-23(19)12(2)24/h4-7,10-11,18,22H,3,8-9H2,1-2H3. The first-order chi connectivity index (χ1) is 11.5. The average molecular weight is 330 g/mol. The maximum Gasteiger partial charge on any atom is 0.223 e. The summed E-state index contributed by atoms with van der Waals surface area (Å²) < 4.78 is 27.1. The Labute approximate surface area is 140 Å². The molecule has 1 heterocycles. The molecule has 0 radical (unpaired) electrons. The Hall–Kier alpha value is -2.43. The van der Waals surface area contributed by atoms with Crippen molar-refractivity contribution < 1.29 is 13.6 Å². The van der Waals surface area contributed by atoms with Crippen LogP contribution in [0.25, 0.3) is 0 Å². The molecule has 2 aromatic rings. The van der Waals surface area contributed by atoms with Crippen LogP contribution in [0.15, 0.2) is 36.4 Å². The van der Waals surface area contributed by atoms with Gasteiger partial charge in [0.15, 0.2) is 0 Å². The highest BCUT2D eigenvalue weighted by Gasteiger charge is 2.23. The zero-order valence-electron chi connectivity index (χ0n) is 13.8. The van der Waals surface area contributed by atoms with Gasteiger partial charge in [-0.15, -0.1) is 0 Å². The van der Waals surface area contributed by atoms with Gasteiger partial charge in [-0.25, -0.2) is 8.78 Å². The number of anilines is 2. The van der Waals surface area contributed by atoms with Crippen LogP contribution in [-0.2, 0) is 11.2 Å². The number of nitrogens with zero attached hydrogens (tertiary/aromatic N) is 1. The summed E-state index contributed by atoms with van der Waals surface area (Å²) in [7, 11) is 0. The second-order valence-electron chi connectivity index (χ2n) is 6.04. The highest BCUT2D eigenvalue weighted by molar-refractivity contribution is 5.94. The van der Waals surface area contributed by atoms with Crippen molar-refractivity contribution in [2.24, 2.45) is 0 Å². The van der Waals surface area contributed by atoms with Crippen LogP contribution in [0.5, 0.6) is 0 Å². The van der Waals surface area contributed by atoms with Crippen molar-refractivity contribution >= 4 is 17.3 Å². The van der Waals surface area contributed by atoms with Gasteiger partial charge in [0.05, 0.1) is 6.04 Å². The summed E-state index contributed by atoms with van der Waals surface area (Å²) in [5.41, 5.74) is 3.36. The smallest absolute Gasteiger partial charge is 0.223 e. The zero-order chi connectivity index (χ0) is 17.3. The molecular weight excluding hydrogens is 310 g/mol.